The molecular weight excluding hydrogens is 228 g/mol. The van der Waals surface area contributed by atoms with Gasteiger partial charge in [-0.15, -0.1) is 0 Å². The van der Waals surface area contributed by atoms with Crippen molar-refractivity contribution in [1.82, 2.24) is 5.32 Å². The Morgan fingerprint density at radius 1 is 1.22 bits per heavy atom. The van der Waals surface area contributed by atoms with Crippen LogP contribution in [0.4, 0.5) is 0 Å². The second-order valence-corrected chi connectivity index (χ2v) is 4.81. The van der Waals surface area contributed by atoms with Crippen molar-refractivity contribution in [3.8, 4) is 0 Å². The molecule has 0 aliphatic rings. The van der Waals surface area contributed by atoms with Gasteiger partial charge in [0.05, 0.1) is 0 Å². The Kier molecular flexibility index (Phi) is 4.89. The van der Waals surface area contributed by atoms with Crippen LogP contribution in [0.2, 0.25) is 0 Å². The number of benzene rings is 1. The zero-order valence-electron chi connectivity index (χ0n) is 11.1. The fourth-order valence-corrected chi connectivity index (χ4v) is 1.52. The number of hydrogen-bond acceptors (Lipinski definition) is 2. The normalized spacial score (nSPS) is 12.2. The molecule has 3 N–H and O–H groups in total. The van der Waals surface area contributed by atoms with E-state index in [2.05, 4.69) is 5.32 Å². The second kappa shape index (κ2) is 6.19. The molecule has 1 atom stereocenters. The van der Waals surface area contributed by atoms with E-state index in [1.165, 1.54) is 0 Å². The maximum absolute atomic E-state index is 11.6. The van der Waals surface area contributed by atoms with Gasteiger partial charge in [-0.1, -0.05) is 43.7 Å². The maximum Gasteiger partial charge on any atom is 0.240 e. The van der Waals surface area contributed by atoms with Crippen LogP contribution in [-0.4, -0.2) is 17.9 Å². The quantitative estimate of drug-likeness (QED) is 0.820. The molecule has 0 fully saturated rings. The summed E-state index contributed by atoms with van der Waals surface area (Å²) in [7, 11) is 0. The van der Waals surface area contributed by atoms with Crippen molar-refractivity contribution in [2.24, 2.45) is 11.7 Å². The topological polar surface area (TPSA) is 72.2 Å². The molecule has 1 aromatic rings. The van der Waals surface area contributed by atoms with Crippen molar-refractivity contribution in [2.75, 3.05) is 0 Å². The van der Waals surface area contributed by atoms with E-state index in [9.17, 15) is 9.59 Å². The van der Waals surface area contributed by atoms with E-state index in [1.807, 2.05) is 31.2 Å². The lowest BCUT2D eigenvalue weighted by Gasteiger charge is -2.17. The molecule has 0 saturated heterocycles. The van der Waals surface area contributed by atoms with Crippen molar-refractivity contribution in [2.45, 2.75) is 33.2 Å². The molecule has 0 spiro atoms. The molecule has 0 aliphatic carbocycles. The zero-order valence-corrected chi connectivity index (χ0v) is 11.1. The van der Waals surface area contributed by atoms with Gasteiger partial charge in [-0.3, -0.25) is 9.59 Å². The van der Waals surface area contributed by atoms with Gasteiger partial charge in [0, 0.05) is 12.3 Å². The summed E-state index contributed by atoms with van der Waals surface area (Å²) >= 11 is 0. The van der Waals surface area contributed by atoms with Crippen LogP contribution in [0.5, 0.6) is 0 Å². The molecule has 0 unspecified atom stereocenters. The Morgan fingerprint density at radius 2 is 1.78 bits per heavy atom. The molecule has 0 aliphatic heterocycles. The van der Waals surface area contributed by atoms with Gasteiger partial charge in [0.2, 0.25) is 11.8 Å². The van der Waals surface area contributed by atoms with Crippen molar-refractivity contribution >= 4 is 11.8 Å². The number of carbonyl (C=O) groups excluding carboxylic acids is 2. The SMILES string of the molecule is Cc1ccc(C[C@H](NC(=O)C(C)C)C(N)=O)cc1. The maximum atomic E-state index is 11.6. The molecule has 18 heavy (non-hydrogen) atoms. The van der Waals surface area contributed by atoms with Crippen LogP contribution in [0.15, 0.2) is 24.3 Å². The van der Waals surface area contributed by atoms with E-state index < -0.39 is 11.9 Å². The number of amides is 2. The first-order chi connectivity index (χ1) is 8.40. The van der Waals surface area contributed by atoms with Crippen molar-refractivity contribution in [1.29, 1.82) is 0 Å². The van der Waals surface area contributed by atoms with Gasteiger partial charge in [0.1, 0.15) is 6.04 Å². The average molecular weight is 248 g/mol. The van der Waals surface area contributed by atoms with Gasteiger partial charge in [0.25, 0.3) is 0 Å². The largest absolute Gasteiger partial charge is 0.368 e. The Bertz CT molecular complexity index is 424. The highest BCUT2D eigenvalue weighted by molar-refractivity contribution is 5.87. The van der Waals surface area contributed by atoms with E-state index in [4.69, 9.17) is 5.73 Å². The van der Waals surface area contributed by atoms with Crippen molar-refractivity contribution < 1.29 is 9.59 Å². The van der Waals surface area contributed by atoms with Crippen LogP contribution in [0.3, 0.4) is 0 Å². The summed E-state index contributed by atoms with van der Waals surface area (Å²) in [6, 6.07) is 7.16. The fourth-order valence-electron chi connectivity index (χ4n) is 1.52. The number of nitrogens with two attached hydrogens (primary N) is 1. The fraction of sp³-hybridized carbons (Fsp3) is 0.429. The summed E-state index contributed by atoms with van der Waals surface area (Å²) in [5.41, 5.74) is 7.44. The third-order valence-corrected chi connectivity index (χ3v) is 2.74. The lowest BCUT2D eigenvalue weighted by atomic mass is 10.0. The van der Waals surface area contributed by atoms with Crippen LogP contribution < -0.4 is 11.1 Å². The van der Waals surface area contributed by atoms with E-state index in [0.29, 0.717) is 6.42 Å². The molecule has 0 aromatic heterocycles. The summed E-state index contributed by atoms with van der Waals surface area (Å²) < 4.78 is 0. The van der Waals surface area contributed by atoms with Crippen molar-refractivity contribution in [3.63, 3.8) is 0 Å². The van der Waals surface area contributed by atoms with Crippen LogP contribution in [0.1, 0.15) is 25.0 Å². The standard InChI is InChI=1S/C14H20N2O2/c1-9(2)14(18)16-12(13(15)17)8-11-6-4-10(3)5-7-11/h4-7,9,12H,8H2,1-3H3,(H2,15,17)(H,16,18)/t12-/m0/s1. The van der Waals surface area contributed by atoms with E-state index in [0.717, 1.165) is 11.1 Å². The molecular formula is C14H20N2O2. The number of primary amides is 1. The average Bonchev–Trinajstić information content (AvgIpc) is 2.30. The molecule has 0 heterocycles. The molecule has 1 rings (SSSR count). The highest BCUT2D eigenvalue weighted by atomic mass is 16.2. The highest BCUT2D eigenvalue weighted by Gasteiger charge is 2.19. The summed E-state index contributed by atoms with van der Waals surface area (Å²) in [5, 5.41) is 2.67. The summed E-state index contributed by atoms with van der Waals surface area (Å²) in [6.45, 7) is 5.55. The molecule has 0 radical (unpaired) electrons. The smallest absolute Gasteiger partial charge is 0.240 e. The second-order valence-electron chi connectivity index (χ2n) is 4.81. The highest BCUT2D eigenvalue weighted by Crippen LogP contribution is 2.06. The van der Waals surface area contributed by atoms with Gasteiger partial charge in [-0.2, -0.15) is 0 Å². The number of rotatable bonds is 5. The zero-order chi connectivity index (χ0) is 13.7. The third kappa shape index (κ3) is 4.20. The summed E-state index contributed by atoms with van der Waals surface area (Å²) in [4.78, 5) is 22.9. The predicted molar refractivity (Wildman–Crippen MR) is 70.8 cm³/mol. The van der Waals surface area contributed by atoms with E-state index in [1.54, 1.807) is 13.8 Å². The van der Waals surface area contributed by atoms with Crippen LogP contribution in [-0.2, 0) is 16.0 Å². The molecule has 1 aromatic carbocycles. The lowest BCUT2D eigenvalue weighted by molar-refractivity contribution is -0.129. The number of hydrogen-bond donors (Lipinski definition) is 2. The number of nitrogens with one attached hydrogen (secondary N) is 1. The Balaban J connectivity index is 2.72. The minimum Gasteiger partial charge on any atom is -0.368 e. The van der Waals surface area contributed by atoms with Gasteiger partial charge in [-0.25, -0.2) is 0 Å². The monoisotopic (exact) mass is 248 g/mol. The van der Waals surface area contributed by atoms with Gasteiger partial charge >= 0.3 is 0 Å². The predicted octanol–water partition coefficient (Wildman–Crippen LogP) is 1.16. The van der Waals surface area contributed by atoms with Crippen LogP contribution in [0, 0.1) is 12.8 Å². The first-order valence-electron chi connectivity index (χ1n) is 6.05. The molecule has 98 valence electrons. The number of carbonyl (C=O) groups is 2. The van der Waals surface area contributed by atoms with Crippen LogP contribution in [0.25, 0.3) is 0 Å². The van der Waals surface area contributed by atoms with Crippen molar-refractivity contribution in [3.05, 3.63) is 35.4 Å². The first-order valence-corrected chi connectivity index (χ1v) is 6.05. The Morgan fingerprint density at radius 3 is 2.22 bits per heavy atom. The van der Waals surface area contributed by atoms with E-state index in [-0.39, 0.29) is 11.8 Å². The Labute approximate surface area is 108 Å². The Hall–Kier alpha value is -1.84. The molecule has 4 nitrogen and oxygen atoms in total. The van der Waals surface area contributed by atoms with E-state index >= 15 is 0 Å². The molecule has 4 heteroatoms. The van der Waals surface area contributed by atoms with Crippen LogP contribution >= 0.6 is 0 Å². The molecule has 0 bridgehead atoms. The van der Waals surface area contributed by atoms with Gasteiger partial charge in [-0.05, 0) is 12.5 Å². The third-order valence-electron chi connectivity index (χ3n) is 2.74. The first kappa shape index (κ1) is 14.2. The molecule has 0 saturated carbocycles. The number of aryl methyl sites for hydroxylation is 1. The minimum atomic E-state index is -0.650. The van der Waals surface area contributed by atoms with Gasteiger partial charge < -0.3 is 11.1 Å². The minimum absolute atomic E-state index is 0.161. The summed E-state index contributed by atoms with van der Waals surface area (Å²) in [6.07, 6.45) is 0.425. The van der Waals surface area contributed by atoms with Gasteiger partial charge in [0.15, 0.2) is 0 Å². The lowest BCUT2D eigenvalue weighted by Crippen LogP contribution is -2.47. The molecule has 2 amide bonds. The summed E-state index contributed by atoms with van der Waals surface area (Å²) in [5.74, 6) is -0.833.